The van der Waals surface area contributed by atoms with Gasteiger partial charge in [0.05, 0.1) is 0 Å². The second kappa shape index (κ2) is 10.3. The number of hydrogen-bond donors (Lipinski definition) is 0. The van der Waals surface area contributed by atoms with Gasteiger partial charge in [-0.3, -0.25) is 0 Å². The van der Waals surface area contributed by atoms with Crippen molar-refractivity contribution in [2.45, 2.75) is 55.6 Å². The molecule has 1 atom stereocenters. The van der Waals surface area contributed by atoms with Crippen molar-refractivity contribution in [1.82, 2.24) is 0 Å². The number of carbonyl (C=O) groups is 1. The van der Waals surface area contributed by atoms with E-state index >= 15 is 0 Å². The van der Waals surface area contributed by atoms with Gasteiger partial charge in [-0.1, -0.05) is 0 Å². The first-order valence-electron chi connectivity index (χ1n) is 7.50. The molecule has 1 unspecified atom stereocenters. The number of rotatable bonds is 3. The van der Waals surface area contributed by atoms with E-state index in [4.69, 9.17) is 13.5 Å². The van der Waals surface area contributed by atoms with Crippen LogP contribution < -0.4 is 10.2 Å². The van der Waals surface area contributed by atoms with Gasteiger partial charge in [-0.2, -0.15) is 14.2 Å². The summed E-state index contributed by atoms with van der Waals surface area (Å²) >= 11 is -0.550. The van der Waals surface area contributed by atoms with Crippen molar-refractivity contribution in [2.75, 3.05) is 14.2 Å². The molecule has 0 bridgehead atoms. The average molecular weight is 328 g/mol. The molecule has 0 saturated heterocycles. The van der Waals surface area contributed by atoms with Crippen molar-refractivity contribution < 1.29 is 37.9 Å². The van der Waals surface area contributed by atoms with E-state index < -0.39 is 19.5 Å². The zero-order valence-corrected chi connectivity index (χ0v) is 14.5. The van der Waals surface area contributed by atoms with Crippen LogP contribution in [0.4, 0.5) is 0 Å². The summed E-state index contributed by atoms with van der Waals surface area (Å²) in [6.45, 7) is 0.650. The normalized spacial score (nSPS) is 22.8. The molecule has 0 radical (unpaired) electrons. The molecule has 0 N–H and O–H groups in total. The van der Waals surface area contributed by atoms with E-state index in [0.29, 0.717) is 10.7 Å². The monoisotopic (exact) mass is 328 g/mol. The fraction of sp³-hybridized carbons (Fsp3) is 0.688. The van der Waals surface area contributed by atoms with Crippen LogP contribution in [0.15, 0.2) is 22.3 Å². The number of allylic oxidation sites excluding steroid dienone is 4. The Bertz CT molecular complexity index is 401. The van der Waals surface area contributed by atoms with Crippen LogP contribution in [0.5, 0.6) is 0 Å². The summed E-state index contributed by atoms with van der Waals surface area (Å²) in [5, 5.41) is 16.5. The Morgan fingerprint density at radius 2 is 1.71 bits per heavy atom. The molecule has 0 fully saturated rings. The van der Waals surface area contributed by atoms with Gasteiger partial charge in [-0.15, -0.1) is 0 Å². The average Bonchev–Trinajstić information content (AvgIpc) is 2.96. The second-order valence-corrected chi connectivity index (χ2v) is 7.07. The second-order valence-electron chi connectivity index (χ2n) is 5.25. The van der Waals surface area contributed by atoms with Crippen molar-refractivity contribution in [1.29, 1.82) is 0 Å². The third kappa shape index (κ3) is 4.52. The van der Waals surface area contributed by atoms with Crippen LogP contribution in [0.25, 0.3) is 0 Å². The zero-order valence-electron chi connectivity index (χ0n) is 12.9. The van der Waals surface area contributed by atoms with Gasteiger partial charge in [-0.05, 0) is 0 Å². The SMILES string of the molecule is C[O-].C[O-].O=C[O][Ti+2][CH]1CCCC2=C1CC1=C2CCCC1. The molecular weight excluding hydrogens is 304 g/mol. The van der Waals surface area contributed by atoms with E-state index in [1.165, 1.54) is 51.4 Å². The number of carbonyl (C=O) groups excluding carboxylic acids is 1. The summed E-state index contributed by atoms with van der Waals surface area (Å²) < 4.78 is 5.76. The fourth-order valence-corrected chi connectivity index (χ4v) is 5.10. The first kappa shape index (κ1) is 18.6. The predicted octanol–water partition coefficient (Wildman–Crippen LogP) is 1.65. The predicted molar refractivity (Wildman–Crippen MR) is 73.7 cm³/mol. The van der Waals surface area contributed by atoms with Crippen molar-refractivity contribution in [3.8, 4) is 0 Å². The van der Waals surface area contributed by atoms with E-state index in [2.05, 4.69) is 0 Å². The molecule has 3 aliphatic carbocycles. The summed E-state index contributed by atoms with van der Waals surface area (Å²) in [6, 6.07) is 0. The molecule has 0 aromatic rings. The van der Waals surface area contributed by atoms with E-state index in [-0.39, 0.29) is 0 Å². The van der Waals surface area contributed by atoms with Crippen LogP contribution in [0.2, 0.25) is 4.22 Å². The third-order valence-corrected chi connectivity index (χ3v) is 6.14. The molecular formula is C16H24O4Ti. The number of hydrogen-bond acceptors (Lipinski definition) is 4. The Balaban J connectivity index is 0.000000510. The molecule has 3 rings (SSSR count). The van der Waals surface area contributed by atoms with Gasteiger partial charge in [0.1, 0.15) is 0 Å². The third-order valence-electron chi connectivity index (χ3n) is 4.34. The molecule has 4 nitrogen and oxygen atoms in total. The summed E-state index contributed by atoms with van der Waals surface area (Å²) in [7, 11) is 1.50. The Morgan fingerprint density at radius 3 is 2.43 bits per heavy atom. The Morgan fingerprint density at radius 1 is 1.05 bits per heavy atom. The first-order chi connectivity index (χ1) is 10.4. The molecule has 116 valence electrons. The molecule has 0 aromatic carbocycles. The molecule has 0 spiro atoms. The van der Waals surface area contributed by atoms with Crippen LogP contribution in [0.1, 0.15) is 51.4 Å². The fourth-order valence-electron chi connectivity index (χ4n) is 3.60. The Kier molecular flexibility index (Phi) is 9.17. The molecule has 0 aromatic heterocycles. The minimum atomic E-state index is -0.550. The van der Waals surface area contributed by atoms with Gasteiger partial charge >= 0.3 is 112 Å². The molecule has 0 aliphatic heterocycles. The molecule has 0 saturated carbocycles. The Labute approximate surface area is 136 Å². The summed E-state index contributed by atoms with van der Waals surface area (Å²) in [5.74, 6) is 0. The molecule has 5 heteroatoms. The van der Waals surface area contributed by atoms with Crippen molar-refractivity contribution in [3.63, 3.8) is 0 Å². The topological polar surface area (TPSA) is 72.4 Å². The van der Waals surface area contributed by atoms with E-state index in [9.17, 15) is 4.79 Å². The number of fused-ring (bicyclic) bond motifs is 1. The van der Waals surface area contributed by atoms with Crippen LogP contribution >= 0.6 is 0 Å². The zero-order chi connectivity index (χ0) is 15.7. The van der Waals surface area contributed by atoms with Gasteiger partial charge in [0.25, 0.3) is 0 Å². The van der Waals surface area contributed by atoms with Crippen LogP contribution in [-0.2, 0) is 27.7 Å². The molecule has 21 heavy (non-hydrogen) atoms. The van der Waals surface area contributed by atoms with Gasteiger partial charge in [-0.25, -0.2) is 0 Å². The Hall–Kier alpha value is -0.416. The molecule has 0 heterocycles. The van der Waals surface area contributed by atoms with Crippen LogP contribution in [-0.4, -0.2) is 20.7 Å². The first-order valence-corrected chi connectivity index (χ1v) is 9.03. The van der Waals surface area contributed by atoms with Crippen molar-refractivity contribution >= 4 is 6.47 Å². The van der Waals surface area contributed by atoms with E-state index in [1.807, 2.05) is 0 Å². The summed E-state index contributed by atoms with van der Waals surface area (Å²) in [4.78, 5) is 10.4. The molecule has 3 aliphatic rings. The van der Waals surface area contributed by atoms with E-state index in [1.54, 1.807) is 22.3 Å². The maximum absolute atomic E-state index is 10.4. The summed E-state index contributed by atoms with van der Waals surface area (Å²) in [6.07, 6.45) is 10.5. The van der Waals surface area contributed by atoms with Crippen molar-refractivity contribution in [3.05, 3.63) is 22.3 Å². The maximum atomic E-state index is 10.4. The quantitative estimate of drug-likeness (QED) is 0.583. The van der Waals surface area contributed by atoms with Gasteiger partial charge in [0.15, 0.2) is 0 Å². The van der Waals surface area contributed by atoms with Gasteiger partial charge in [0.2, 0.25) is 0 Å². The van der Waals surface area contributed by atoms with Crippen LogP contribution in [0.3, 0.4) is 0 Å². The van der Waals surface area contributed by atoms with Crippen molar-refractivity contribution in [2.24, 2.45) is 0 Å². The summed E-state index contributed by atoms with van der Waals surface area (Å²) in [5.41, 5.74) is 6.80. The standard InChI is InChI=1S/C13H17.CH2O2.2CH3O.Ti/c1-3-7-12-10(5-1)9-11-6-2-4-8-13(11)12;2-1-3;2*1-2;/h5H,1-4,6-9H2;1H,(H,2,3);2*1H3;/q;;2*-1;+3/p-1. The van der Waals surface area contributed by atoms with E-state index in [0.717, 1.165) is 14.2 Å². The van der Waals surface area contributed by atoms with Gasteiger partial charge in [0, 0.05) is 0 Å². The molecule has 0 amide bonds. The minimum absolute atomic E-state index is 0.550. The van der Waals surface area contributed by atoms with Gasteiger partial charge < -0.3 is 10.2 Å². The van der Waals surface area contributed by atoms with Crippen LogP contribution in [0, 0.1) is 0 Å².